The largest absolute Gasteiger partial charge is 0.633 e. The third-order valence-corrected chi connectivity index (χ3v) is 2.49. The Morgan fingerprint density at radius 3 is 2.23 bits per heavy atom. The molecule has 0 unspecified atom stereocenters. The molecular weight excluding hydrogens is 168 g/mol. The third-order valence-electron chi connectivity index (χ3n) is 2.49. The summed E-state index contributed by atoms with van der Waals surface area (Å²) in [4.78, 5) is 13.3. The average molecular weight is 186 g/mol. The smallest absolute Gasteiger partial charge is 0.225 e. The fourth-order valence-corrected chi connectivity index (χ4v) is 1.47. The number of nitrogens with zero attached hydrogens (tertiary/aromatic N) is 2. The first-order valence-corrected chi connectivity index (χ1v) is 4.77. The van der Waals surface area contributed by atoms with E-state index in [1.54, 1.807) is 11.9 Å². The minimum atomic E-state index is -0.206. The molecule has 1 aliphatic heterocycles. The molecule has 13 heavy (non-hydrogen) atoms. The first-order valence-electron chi connectivity index (χ1n) is 4.77. The normalized spacial score (nSPS) is 22.1. The maximum absolute atomic E-state index is 11.5. The average Bonchev–Trinajstić information content (AvgIpc) is 2.03. The van der Waals surface area contributed by atoms with Crippen LogP contribution in [-0.4, -0.2) is 48.7 Å². The third kappa shape index (κ3) is 2.67. The molecule has 0 aromatic carbocycles. The zero-order valence-corrected chi connectivity index (χ0v) is 8.62. The van der Waals surface area contributed by atoms with Crippen molar-refractivity contribution in [2.45, 2.75) is 13.8 Å². The number of hydroxylamine groups is 3. The molecule has 1 fully saturated rings. The Balaban J connectivity index is 2.46. The van der Waals surface area contributed by atoms with Crippen LogP contribution in [0.2, 0.25) is 0 Å². The molecule has 0 aromatic heterocycles. The summed E-state index contributed by atoms with van der Waals surface area (Å²) < 4.78 is -0.206. The van der Waals surface area contributed by atoms with Crippen LogP contribution in [0.5, 0.6) is 0 Å². The number of hydrogen-bond donors (Lipinski definition) is 0. The van der Waals surface area contributed by atoms with E-state index >= 15 is 0 Å². The van der Waals surface area contributed by atoms with Gasteiger partial charge >= 0.3 is 0 Å². The monoisotopic (exact) mass is 186 g/mol. The van der Waals surface area contributed by atoms with Crippen LogP contribution in [0.25, 0.3) is 0 Å². The van der Waals surface area contributed by atoms with Crippen molar-refractivity contribution in [2.75, 3.05) is 33.2 Å². The van der Waals surface area contributed by atoms with Gasteiger partial charge in [-0.15, -0.1) is 0 Å². The molecule has 0 spiro atoms. The highest BCUT2D eigenvalue weighted by molar-refractivity contribution is 5.78. The molecule has 0 radical (unpaired) electrons. The van der Waals surface area contributed by atoms with E-state index < -0.39 is 0 Å². The second-order valence-electron chi connectivity index (χ2n) is 4.22. The summed E-state index contributed by atoms with van der Waals surface area (Å²) >= 11 is 0. The Morgan fingerprint density at radius 1 is 1.38 bits per heavy atom. The molecule has 4 nitrogen and oxygen atoms in total. The van der Waals surface area contributed by atoms with Gasteiger partial charge in [-0.25, -0.2) is 0 Å². The number of carbonyl (C=O) groups excluding carboxylic acids is 1. The molecule has 1 rings (SSSR count). The highest BCUT2D eigenvalue weighted by Gasteiger charge is 2.25. The van der Waals surface area contributed by atoms with Crippen molar-refractivity contribution >= 4 is 5.91 Å². The molecule has 4 heteroatoms. The molecule has 0 bridgehead atoms. The van der Waals surface area contributed by atoms with Crippen LogP contribution in [0.3, 0.4) is 0 Å². The van der Waals surface area contributed by atoms with Gasteiger partial charge in [0.15, 0.2) is 0 Å². The predicted octanol–water partition coefficient (Wildman–Crippen LogP) is 0.429. The van der Waals surface area contributed by atoms with E-state index in [-0.39, 0.29) is 16.5 Å². The highest BCUT2D eigenvalue weighted by atomic mass is 16.5. The standard InChI is InChI=1S/C9H18N2O2/c1-8(2)9(12)10-4-6-11(3,13)7-5-10/h8H,4-7H2,1-3H3. The number of hydrogen-bond acceptors (Lipinski definition) is 2. The highest BCUT2D eigenvalue weighted by Crippen LogP contribution is 2.10. The summed E-state index contributed by atoms with van der Waals surface area (Å²) in [7, 11) is 1.66. The van der Waals surface area contributed by atoms with Crippen LogP contribution < -0.4 is 0 Å². The van der Waals surface area contributed by atoms with E-state index in [4.69, 9.17) is 0 Å². The Bertz CT molecular complexity index is 192. The minimum Gasteiger partial charge on any atom is -0.633 e. The number of amides is 1. The SMILES string of the molecule is CC(C)C(=O)N1CC[N+](C)([O-])CC1. The zero-order chi connectivity index (χ0) is 10.1. The lowest BCUT2D eigenvalue weighted by Crippen LogP contribution is -2.55. The molecule has 1 amide bonds. The maximum atomic E-state index is 11.5. The van der Waals surface area contributed by atoms with Crippen molar-refractivity contribution in [3.8, 4) is 0 Å². The summed E-state index contributed by atoms with van der Waals surface area (Å²) in [5, 5.41) is 11.5. The topological polar surface area (TPSA) is 43.4 Å². The van der Waals surface area contributed by atoms with Crippen molar-refractivity contribution in [3.63, 3.8) is 0 Å². The first kappa shape index (κ1) is 10.5. The van der Waals surface area contributed by atoms with Crippen LogP contribution in [0.15, 0.2) is 0 Å². The van der Waals surface area contributed by atoms with E-state index in [0.29, 0.717) is 26.2 Å². The molecule has 1 heterocycles. The lowest BCUT2D eigenvalue weighted by Gasteiger charge is -2.45. The Kier molecular flexibility index (Phi) is 2.93. The van der Waals surface area contributed by atoms with Crippen molar-refractivity contribution in [1.29, 1.82) is 0 Å². The van der Waals surface area contributed by atoms with Crippen molar-refractivity contribution in [1.82, 2.24) is 4.90 Å². The summed E-state index contributed by atoms with van der Waals surface area (Å²) in [5.41, 5.74) is 0. The van der Waals surface area contributed by atoms with Gasteiger partial charge in [-0.2, -0.15) is 0 Å². The van der Waals surface area contributed by atoms with Gasteiger partial charge in [0.05, 0.1) is 33.2 Å². The van der Waals surface area contributed by atoms with Gasteiger partial charge in [0.25, 0.3) is 0 Å². The number of rotatable bonds is 1. The van der Waals surface area contributed by atoms with Gasteiger partial charge < -0.3 is 14.8 Å². The van der Waals surface area contributed by atoms with Gasteiger partial charge in [-0.1, -0.05) is 13.8 Å². The quantitative estimate of drug-likeness (QED) is 0.440. The first-order chi connectivity index (χ1) is 5.92. The number of likely N-dealkylation sites (N-methyl/N-ethyl adjacent to an activating group) is 1. The fourth-order valence-electron chi connectivity index (χ4n) is 1.47. The maximum Gasteiger partial charge on any atom is 0.225 e. The van der Waals surface area contributed by atoms with Crippen LogP contribution >= 0.6 is 0 Å². The predicted molar refractivity (Wildman–Crippen MR) is 50.7 cm³/mol. The molecule has 0 N–H and O–H groups in total. The van der Waals surface area contributed by atoms with Crippen molar-refractivity contribution in [3.05, 3.63) is 5.21 Å². The fraction of sp³-hybridized carbons (Fsp3) is 0.889. The van der Waals surface area contributed by atoms with Gasteiger partial charge in [-0.05, 0) is 0 Å². The molecule has 0 atom stereocenters. The molecule has 76 valence electrons. The van der Waals surface area contributed by atoms with E-state index in [9.17, 15) is 10.0 Å². The Morgan fingerprint density at radius 2 is 1.85 bits per heavy atom. The summed E-state index contributed by atoms with van der Waals surface area (Å²) in [6.45, 7) is 6.05. The number of carbonyl (C=O) groups is 1. The lowest BCUT2D eigenvalue weighted by atomic mass is 10.1. The van der Waals surface area contributed by atoms with Crippen LogP contribution in [0.1, 0.15) is 13.8 Å². The number of piperazine rings is 1. The lowest BCUT2D eigenvalue weighted by molar-refractivity contribution is -0.864. The van der Waals surface area contributed by atoms with Crippen LogP contribution in [-0.2, 0) is 4.79 Å². The number of quaternary nitrogens is 1. The van der Waals surface area contributed by atoms with Gasteiger partial charge in [-0.3, -0.25) is 4.79 Å². The van der Waals surface area contributed by atoms with E-state index in [1.165, 1.54) is 0 Å². The van der Waals surface area contributed by atoms with Gasteiger partial charge in [0.2, 0.25) is 5.91 Å². The molecule has 0 saturated carbocycles. The Hall–Kier alpha value is -0.610. The second kappa shape index (κ2) is 3.64. The Labute approximate surface area is 79.3 Å². The summed E-state index contributed by atoms with van der Waals surface area (Å²) in [6, 6.07) is 0. The van der Waals surface area contributed by atoms with Gasteiger partial charge in [0.1, 0.15) is 0 Å². The summed E-state index contributed by atoms with van der Waals surface area (Å²) in [6.07, 6.45) is 0. The minimum absolute atomic E-state index is 0.0449. The summed E-state index contributed by atoms with van der Waals surface area (Å²) in [5.74, 6) is 0.211. The molecule has 1 aliphatic rings. The second-order valence-corrected chi connectivity index (χ2v) is 4.22. The molecule has 1 saturated heterocycles. The van der Waals surface area contributed by atoms with E-state index in [0.717, 1.165) is 0 Å². The zero-order valence-electron chi connectivity index (χ0n) is 8.62. The van der Waals surface area contributed by atoms with E-state index in [1.807, 2.05) is 13.8 Å². The van der Waals surface area contributed by atoms with E-state index in [2.05, 4.69) is 0 Å². The molecular formula is C9H18N2O2. The van der Waals surface area contributed by atoms with Crippen LogP contribution in [0, 0.1) is 11.1 Å². The molecule has 0 aliphatic carbocycles. The van der Waals surface area contributed by atoms with Crippen molar-refractivity contribution < 1.29 is 9.44 Å². The van der Waals surface area contributed by atoms with Gasteiger partial charge in [0, 0.05) is 5.92 Å². The molecule has 0 aromatic rings. The van der Waals surface area contributed by atoms with Crippen LogP contribution in [0.4, 0.5) is 0 Å². The van der Waals surface area contributed by atoms with Crippen molar-refractivity contribution in [2.24, 2.45) is 5.92 Å².